The van der Waals surface area contributed by atoms with Gasteiger partial charge in [0.15, 0.2) is 0 Å². The molecule has 0 atom stereocenters. The van der Waals surface area contributed by atoms with Gasteiger partial charge in [-0.05, 0) is 55.9 Å². The van der Waals surface area contributed by atoms with Crippen LogP contribution in [-0.4, -0.2) is 106 Å². The van der Waals surface area contributed by atoms with Crippen LogP contribution in [0, 0.1) is 5.82 Å². The van der Waals surface area contributed by atoms with Gasteiger partial charge in [0, 0.05) is 54.8 Å². The van der Waals surface area contributed by atoms with E-state index >= 15 is 0 Å². The van der Waals surface area contributed by atoms with Crippen LogP contribution in [0.2, 0.25) is 5.02 Å². The number of rotatable bonds is 22. The lowest BCUT2D eigenvalue weighted by Gasteiger charge is -2.28. The summed E-state index contributed by atoms with van der Waals surface area (Å²) in [6.07, 6.45) is 9.91. The Hall–Kier alpha value is -3.89. The van der Waals surface area contributed by atoms with E-state index in [-0.39, 0.29) is 23.6 Å². The van der Waals surface area contributed by atoms with Crippen LogP contribution in [0.1, 0.15) is 43.7 Å². The summed E-state index contributed by atoms with van der Waals surface area (Å²) in [5.41, 5.74) is 18.2. The number of benzene rings is 1. The average Bonchev–Trinajstić information content (AvgIpc) is 3.60. The van der Waals surface area contributed by atoms with Crippen LogP contribution >= 0.6 is 11.6 Å². The van der Waals surface area contributed by atoms with Crippen molar-refractivity contribution in [2.75, 3.05) is 78.5 Å². The highest BCUT2D eigenvalue weighted by Gasteiger charge is 2.23. The number of fused-ring (bicyclic) bond motifs is 1. The highest BCUT2D eigenvalue weighted by molar-refractivity contribution is 6.33. The summed E-state index contributed by atoms with van der Waals surface area (Å²) in [5, 5.41) is 8.69. The summed E-state index contributed by atoms with van der Waals surface area (Å²) in [7, 11) is 1.64. The van der Waals surface area contributed by atoms with E-state index in [4.69, 9.17) is 51.5 Å². The molecule has 3 heterocycles. The normalized spacial score (nSPS) is 16.4. The number of nitrogens with two attached hydrogens (primary N) is 2. The van der Waals surface area contributed by atoms with Crippen LogP contribution in [0.25, 0.3) is 16.6 Å². The molecule has 0 unspecified atom stereocenters. The molecule has 4 aromatic rings. The molecular formula is C38H51ClFN7O6. The Bertz CT molecular complexity index is 1770. The molecule has 0 spiro atoms. The maximum Gasteiger partial charge on any atom is 0.213 e. The first-order valence-corrected chi connectivity index (χ1v) is 18.5. The molecule has 15 heteroatoms. The van der Waals surface area contributed by atoms with Gasteiger partial charge in [0.2, 0.25) is 5.88 Å². The number of ether oxygens (including phenoxy) is 6. The minimum Gasteiger partial charge on any atom is -0.475 e. The fourth-order valence-corrected chi connectivity index (χ4v) is 6.15. The summed E-state index contributed by atoms with van der Waals surface area (Å²) in [4.78, 5) is 9.10. The molecule has 288 valence electrons. The lowest BCUT2D eigenvalue weighted by molar-refractivity contribution is -0.00987. The number of hydrogen-bond acceptors (Lipinski definition) is 11. The van der Waals surface area contributed by atoms with Gasteiger partial charge >= 0.3 is 0 Å². The summed E-state index contributed by atoms with van der Waals surface area (Å²) in [6.45, 7) is 6.96. The lowest BCUT2D eigenvalue weighted by atomic mass is 9.91. The number of nitrogens with one attached hydrogen (secondary N) is 1. The monoisotopic (exact) mass is 755 g/mol. The zero-order chi connectivity index (χ0) is 37.4. The molecule has 13 nitrogen and oxygen atoms in total. The molecule has 1 fully saturated rings. The van der Waals surface area contributed by atoms with Gasteiger partial charge in [0.1, 0.15) is 18.3 Å². The average molecular weight is 756 g/mol. The second-order valence-corrected chi connectivity index (χ2v) is 13.1. The van der Waals surface area contributed by atoms with Crippen molar-refractivity contribution in [2.24, 2.45) is 16.5 Å². The molecule has 1 aliphatic rings. The SMILES string of the molecule is CCc1cc(OCCOCCOCCOCCOCCOC)ncc1-c1cc2c(N[C@H]3CC[C@H](N)CC3)c(C(N)=Nc3cc(F)ccc3Cl)cnn2c1. The van der Waals surface area contributed by atoms with E-state index in [0.29, 0.717) is 82.5 Å². The predicted molar refractivity (Wildman–Crippen MR) is 204 cm³/mol. The van der Waals surface area contributed by atoms with E-state index < -0.39 is 5.82 Å². The van der Waals surface area contributed by atoms with E-state index in [9.17, 15) is 4.39 Å². The van der Waals surface area contributed by atoms with Gasteiger partial charge in [0.25, 0.3) is 0 Å². The van der Waals surface area contributed by atoms with Crippen LogP contribution in [0.15, 0.2) is 53.9 Å². The molecule has 1 aromatic carbocycles. The van der Waals surface area contributed by atoms with Crippen molar-refractivity contribution >= 4 is 34.3 Å². The molecule has 5 rings (SSSR count). The summed E-state index contributed by atoms with van der Waals surface area (Å²) in [5.74, 6) is 0.236. The maximum absolute atomic E-state index is 14.0. The third-order valence-corrected chi connectivity index (χ3v) is 9.18. The molecule has 1 saturated carbocycles. The maximum atomic E-state index is 14.0. The van der Waals surface area contributed by atoms with Crippen molar-refractivity contribution in [3.8, 4) is 17.0 Å². The molecule has 0 aliphatic heterocycles. The number of pyridine rings is 1. The van der Waals surface area contributed by atoms with Crippen LogP contribution in [0.4, 0.5) is 15.8 Å². The molecule has 0 amide bonds. The van der Waals surface area contributed by atoms with Gasteiger partial charge in [-0.1, -0.05) is 18.5 Å². The third kappa shape index (κ3) is 12.1. The van der Waals surface area contributed by atoms with E-state index in [0.717, 1.165) is 60.0 Å². The van der Waals surface area contributed by atoms with Crippen molar-refractivity contribution in [1.82, 2.24) is 14.6 Å². The minimum atomic E-state index is -0.455. The Kier molecular flexibility index (Phi) is 16.1. The molecular weight excluding hydrogens is 705 g/mol. The molecule has 5 N–H and O–H groups in total. The van der Waals surface area contributed by atoms with Crippen molar-refractivity contribution in [1.29, 1.82) is 0 Å². The number of halogens is 2. The number of nitrogens with zero attached hydrogens (tertiary/aromatic N) is 4. The van der Waals surface area contributed by atoms with Crippen LogP contribution in [-0.2, 0) is 30.1 Å². The minimum absolute atomic E-state index is 0.167. The quantitative estimate of drug-likeness (QED) is 0.0523. The lowest BCUT2D eigenvalue weighted by Crippen LogP contribution is -2.33. The van der Waals surface area contributed by atoms with Crippen LogP contribution in [0.3, 0.4) is 0 Å². The first-order valence-electron chi connectivity index (χ1n) is 18.1. The van der Waals surface area contributed by atoms with E-state index in [2.05, 4.69) is 33.4 Å². The first-order chi connectivity index (χ1) is 25.9. The van der Waals surface area contributed by atoms with Crippen molar-refractivity contribution in [2.45, 2.75) is 51.1 Å². The molecule has 0 radical (unpaired) electrons. The second kappa shape index (κ2) is 21.1. The third-order valence-electron chi connectivity index (χ3n) is 8.86. The van der Waals surface area contributed by atoms with Crippen molar-refractivity contribution < 1.29 is 32.8 Å². The van der Waals surface area contributed by atoms with Crippen LogP contribution < -0.4 is 21.5 Å². The fraction of sp³-hybridized carbons (Fsp3) is 0.500. The Labute approximate surface area is 315 Å². The first kappa shape index (κ1) is 40.3. The number of aromatic nitrogens is 3. The summed E-state index contributed by atoms with van der Waals surface area (Å²) >= 11 is 6.32. The Balaban J connectivity index is 1.20. The number of methoxy groups -OCH3 is 1. The number of aliphatic imine (C=N–C) groups is 1. The van der Waals surface area contributed by atoms with Gasteiger partial charge in [-0.15, -0.1) is 0 Å². The van der Waals surface area contributed by atoms with Crippen molar-refractivity contribution in [3.05, 3.63) is 70.9 Å². The standard InChI is InChI=1S/C38H51ClFN7O6/c1-3-26-21-36(53-19-18-52-17-16-51-15-14-50-13-12-49-11-10-48-2)43-23-31(26)27-20-35-37(45-30-7-5-29(41)6-8-30)32(24-44-47(35)25-27)38(42)46-34-22-28(40)4-9-33(34)39/h4,9,20-25,29-30,45H,3,5-8,10-19,41H2,1-2H3,(H2,42,46)/t29-,30-. The number of anilines is 1. The number of amidine groups is 1. The summed E-state index contributed by atoms with van der Waals surface area (Å²) < 4.78 is 48.7. The van der Waals surface area contributed by atoms with Crippen molar-refractivity contribution in [3.63, 3.8) is 0 Å². The summed E-state index contributed by atoms with van der Waals surface area (Å²) in [6, 6.07) is 8.40. The van der Waals surface area contributed by atoms with Crippen LogP contribution in [0.5, 0.6) is 5.88 Å². The van der Waals surface area contributed by atoms with Gasteiger partial charge in [-0.2, -0.15) is 5.10 Å². The Morgan fingerprint density at radius 1 is 0.925 bits per heavy atom. The molecule has 3 aromatic heterocycles. The molecule has 1 aliphatic carbocycles. The van der Waals surface area contributed by atoms with Gasteiger partial charge < -0.3 is 45.2 Å². The second-order valence-electron chi connectivity index (χ2n) is 12.7. The van der Waals surface area contributed by atoms with Gasteiger partial charge in [0.05, 0.1) is 93.1 Å². The number of hydrogen-bond donors (Lipinski definition) is 3. The Morgan fingerprint density at radius 2 is 1.58 bits per heavy atom. The highest BCUT2D eigenvalue weighted by atomic mass is 35.5. The van der Waals surface area contributed by atoms with E-state index in [1.165, 1.54) is 18.2 Å². The van der Waals surface area contributed by atoms with Gasteiger partial charge in [-0.25, -0.2) is 18.9 Å². The zero-order valence-electron chi connectivity index (χ0n) is 30.5. The van der Waals surface area contributed by atoms with E-state index in [1.807, 2.05) is 23.0 Å². The number of aryl methyl sites for hydroxylation is 1. The molecule has 0 saturated heterocycles. The molecule has 53 heavy (non-hydrogen) atoms. The largest absolute Gasteiger partial charge is 0.475 e. The highest BCUT2D eigenvalue weighted by Crippen LogP contribution is 2.34. The fourth-order valence-electron chi connectivity index (χ4n) is 5.99. The molecule has 0 bridgehead atoms. The zero-order valence-corrected chi connectivity index (χ0v) is 31.3. The van der Waals surface area contributed by atoms with E-state index in [1.54, 1.807) is 13.3 Å². The topological polar surface area (TPSA) is 162 Å². The van der Waals surface area contributed by atoms with Gasteiger partial charge in [-0.3, -0.25) is 0 Å². The predicted octanol–water partition coefficient (Wildman–Crippen LogP) is 5.56. The smallest absolute Gasteiger partial charge is 0.213 e. The Morgan fingerprint density at radius 3 is 2.25 bits per heavy atom.